The fourth-order valence-electron chi connectivity index (χ4n) is 3.85. The normalized spacial score (nSPS) is 21.1. The Morgan fingerprint density at radius 3 is 2.50 bits per heavy atom. The maximum Gasteiger partial charge on any atom is 0.252 e. The number of carbonyl (C=O) groups excluding carboxylic acids is 2. The van der Waals surface area contributed by atoms with Crippen molar-refractivity contribution >= 4 is 22.8 Å². The third-order valence-electron chi connectivity index (χ3n) is 5.81. The second-order valence-corrected chi connectivity index (χ2v) is 7.74. The van der Waals surface area contributed by atoms with Crippen LogP contribution in [0.1, 0.15) is 57.9 Å². The van der Waals surface area contributed by atoms with Crippen LogP contribution in [0.15, 0.2) is 48.8 Å². The molecule has 1 aromatic carbocycles. The molecule has 2 atom stereocenters. The fourth-order valence-corrected chi connectivity index (χ4v) is 3.85. The topological polar surface area (TPSA) is 86.9 Å². The number of rotatable bonds is 5. The number of H-pyrrole nitrogens is 1. The molecule has 3 aromatic rings. The number of carbonyl (C=O) groups is 2. The van der Waals surface area contributed by atoms with Gasteiger partial charge in [0, 0.05) is 35.4 Å². The molecule has 2 aromatic heterocycles. The second-order valence-electron chi connectivity index (χ2n) is 7.74. The molecule has 2 saturated carbocycles. The molecule has 2 amide bonds. The van der Waals surface area contributed by atoms with Gasteiger partial charge in [0.15, 0.2) is 0 Å². The molecule has 0 aliphatic heterocycles. The Hall–Kier alpha value is -3.15. The van der Waals surface area contributed by atoms with E-state index in [1.54, 1.807) is 18.5 Å². The lowest BCUT2D eigenvalue weighted by atomic mass is 9.85. The number of amides is 2. The summed E-state index contributed by atoms with van der Waals surface area (Å²) in [6.07, 6.45) is 7.56. The molecule has 2 fully saturated rings. The first-order valence-electron chi connectivity index (χ1n) is 9.83. The monoisotopic (exact) mass is 374 g/mol. The summed E-state index contributed by atoms with van der Waals surface area (Å²) in [5.41, 5.74) is 3.24. The van der Waals surface area contributed by atoms with Gasteiger partial charge in [-0.2, -0.15) is 0 Å². The first-order chi connectivity index (χ1) is 13.7. The zero-order valence-electron chi connectivity index (χ0n) is 15.4. The molecule has 6 heteroatoms. The van der Waals surface area contributed by atoms with E-state index >= 15 is 0 Å². The molecule has 28 heavy (non-hydrogen) atoms. The molecule has 6 nitrogen and oxygen atoms in total. The van der Waals surface area contributed by atoms with E-state index in [4.69, 9.17) is 0 Å². The van der Waals surface area contributed by atoms with E-state index in [1.807, 2.05) is 24.3 Å². The Morgan fingerprint density at radius 2 is 1.75 bits per heavy atom. The van der Waals surface area contributed by atoms with Crippen LogP contribution in [0.4, 0.5) is 0 Å². The molecule has 0 saturated heterocycles. The molecular formula is C22H22N4O2. The summed E-state index contributed by atoms with van der Waals surface area (Å²) < 4.78 is 0. The van der Waals surface area contributed by atoms with Crippen molar-refractivity contribution in [3.05, 3.63) is 65.5 Å². The van der Waals surface area contributed by atoms with Gasteiger partial charge in [0.05, 0.1) is 5.56 Å². The highest BCUT2D eigenvalue weighted by Gasteiger charge is 2.34. The summed E-state index contributed by atoms with van der Waals surface area (Å²) in [6.45, 7) is 0. The number of aromatic nitrogens is 2. The number of hydrogen-bond acceptors (Lipinski definition) is 3. The van der Waals surface area contributed by atoms with Crippen molar-refractivity contribution in [3.63, 3.8) is 0 Å². The third kappa shape index (κ3) is 3.15. The van der Waals surface area contributed by atoms with Gasteiger partial charge in [0.25, 0.3) is 11.8 Å². The standard InChI is InChI=1S/C22H22N4O2/c27-21(15-3-1-2-14(12-15)13-4-5-13)25-18-6-7-19(18)26-22(28)17-9-11-24-20-16(17)8-10-23-20/h1-3,8-13,18-19H,4-7H2,(H,23,24)(H,25,27)(H,26,28). The maximum absolute atomic E-state index is 12.7. The molecular weight excluding hydrogens is 352 g/mol. The number of pyridine rings is 1. The van der Waals surface area contributed by atoms with Crippen LogP contribution < -0.4 is 10.6 Å². The van der Waals surface area contributed by atoms with Gasteiger partial charge < -0.3 is 15.6 Å². The minimum atomic E-state index is -0.133. The highest BCUT2D eigenvalue weighted by molar-refractivity contribution is 6.05. The minimum Gasteiger partial charge on any atom is -0.347 e. The van der Waals surface area contributed by atoms with E-state index in [2.05, 4.69) is 26.7 Å². The zero-order valence-corrected chi connectivity index (χ0v) is 15.4. The van der Waals surface area contributed by atoms with E-state index in [0.29, 0.717) is 22.7 Å². The fraction of sp³-hybridized carbons (Fsp3) is 0.318. The lowest BCUT2D eigenvalue weighted by Gasteiger charge is -2.37. The van der Waals surface area contributed by atoms with Crippen molar-refractivity contribution in [2.24, 2.45) is 0 Å². The number of benzene rings is 1. The Balaban J connectivity index is 1.24. The molecule has 0 radical (unpaired) electrons. The molecule has 2 heterocycles. The van der Waals surface area contributed by atoms with Crippen LogP contribution >= 0.6 is 0 Å². The lowest BCUT2D eigenvalue weighted by Crippen LogP contribution is -2.58. The molecule has 3 N–H and O–H groups in total. The molecule has 2 aliphatic rings. The predicted molar refractivity (Wildman–Crippen MR) is 106 cm³/mol. The van der Waals surface area contributed by atoms with Crippen LogP contribution in [0, 0.1) is 0 Å². The quantitative estimate of drug-likeness (QED) is 0.641. The summed E-state index contributed by atoms with van der Waals surface area (Å²) in [4.78, 5) is 32.6. The Bertz CT molecular complexity index is 1050. The van der Waals surface area contributed by atoms with E-state index in [1.165, 1.54) is 18.4 Å². The summed E-state index contributed by atoms with van der Waals surface area (Å²) in [7, 11) is 0. The van der Waals surface area contributed by atoms with Gasteiger partial charge in [-0.05, 0) is 61.4 Å². The Kier molecular flexibility index (Phi) is 4.11. The smallest absolute Gasteiger partial charge is 0.252 e. The van der Waals surface area contributed by atoms with E-state index in [9.17, 15) is 9.59 Å². The highest BCUT2D eigenvalue weighted by atomic mass is 16.2. The van der Waals surface area contributed by atoms with E-state index in [0.717, 1.165) is 18.2 Å². The maximum atomic E-state index is 12.7. The number of nitrogens with one attached hydrogen (secondary N) is 3. The first kappa shape index (κ1) is 17.0. The highest BCUT2D eigenvalue weighted by Crippen LogP contribution is 2.40. The average molecular weight is 374 g/mol. The number of aromatic amines is 1. The van der Waals surface area contributed by atoms with Crippen molar-refractivity contribution in [2.75, 3.05) is 0 Å². The van der Waals surface area contributed by atoms with Gasteiger partial charge in [0.1, 0.15) is 5.65 Å². The van der Waals surface area contributed by atoms with Crippen LogP contribution in [0.3, 0.4) is 0 Å². The van der Waals surface area contributed by atoms with Gasteiger partial charge in [-0.25, -0.2) is 4.98 Å². The molecule has 2 unspecified atom stereocenters. The summed E-state index contributed by atoms with van der Waals surface area (Å²) in [5, 5.41) is 6.95. The Labute approximate surface area is 162 Å². The van der Waals surface area contributed by atoms with Crippen LogP contribution in [0.5, 0.6) is 0 Å². The second kappa shape index (κ2) is 6.78. The van der Waals surface area contributed by atoms with Crippen molar-refractivity contribution in [3.8, 4) is 0 Å². The van der Waals surface area contributed by atoms with Gasteiger partial charge in [-0.15, -0.1) is 0 Å². The molecule has 2 aliphatic carbocycles. The SMILES string of the molecule is O=C(NC1CCC1NC(=O)c1ccnc2[nH]ccc12)c1cccc(C2CC2)c1. The van der Waals surface area contributed by atoms with E-state index in [-0.39, 0.29) is 23.9 Å². The lowest BCUT2D eigenvalue weighted by molar-refractivity contribution is 0.0830. The molecule has 0 bridgehead atoms. The third-order valence-corrected chi connectivity index (χ3v) is 5.81. The van der Waals surface area contributed by atoms with Crippen molar-refractivity contribution in [2.45, 2.75) is 43.7 Å². The summed E-state index contributed by atoms with van der Waals surface area (Å²) in [5.74, 6) is 0.421. The molecule has 5 rings (SSSR count). The summed E-state index contributed by atoms with van der Waals surface area (Å²) >= 11 is 0. The van der Waals surface area contributed by atoms with Crippen molar-refractivity contribution in [1.82, 2.24) is 20.6 Å². The van der Waals surface area contributed by atoms with E-state index < -0.39 is 0 Å². The molecule has 0 spiro atoms. The van der Waals surface area contributed by atoms with Gasteiger partial charge >= 0.3 is 0 Å². The van der Waals surface area contributed by atoms with Crippen molar-refractivity contribution in [1.29, 1.82) is 0 Å². The zero-order chi connectivity index (χ0) is 19.1. The predicted octanol–water partition coefficient (Wildman–Crippen LogP) is 3.13. The Morgan fingerprint density at radius 1 is 0.964 bits per heavy atom. The average Bonchev–Trinajstić information content (AvgIpc) is 3.45. The van der Waals surface area contributed by atoms with Crippen LogP contribution in [-0.4, -0.2) is 33.9 Å². The largest absolute Gasteiger partial charge is 0.347 e. The van der Waals surface area contributed by atoms with Gasteiger partial charge in [0.2, 0.25) is 0 Å². The summed E-state index contributed by atoms with van der Waals surface area (Å²) in [6, 6.07) is 11.4. The van der Waals surface area contributed by atoms with Crippen LogP contribution in [0.25, 0.3) is 11.0 Å². The van der Waals surface area contributed by atoms with Crippen LogP contribution in [-0.2, 0) is 0 Å². The van der Waals surface area contributed by atoms with Gasteiger partial charge in [-0.1, -0.05) is 12.1 Å². The number of nitrogens with zero attached hydrogens (tertiary/aromatic N) is 1. The molecule has 142 valence electrons. The first-order valence-corrected chi connectivity index (χ1v) is 9.83. The van der Waals surface area contributed by atoms with Gasteiger partial charge in [-0.3, -0.25) is 9.59 Å². The number of hydrogen-bond donors (Lipinski definition) is 3. The number of fused-ring (bicyclic) bond motifs is 1. The van der Waals surface area contributed by atoms with Crippen LogP contribution in [0.2, 0.25) is 0 Å². The van der Waals surface area contributed by atoms with Crippen molar-refractivity contribution < 1.29 is 9.59 Å². The minimum absolute atomic E-state index is 0.0374.